The third kappa shape index (κ3) is 5.64. The van der Waals surface area contributed by atoms with Crippen LogP contribution in [0.4, 0.5) is 10.5 Å². The summed E-state index contributed by atoms with van der Waals surface area (Å²) in [5.74, 6) is -0.0932. The van der Waals surface area contributed by atoms with Crippen LogP contribution in [-0.2, 0) is 17.6 Å². The van der Waals surface area contributed by atoms with E-state index in [0.717, 1.165) is 11.3 Å². The maximum Gasteiger partial charge on any atom is 0.319 e. The van der Waals surface area contributed by atoms with Gasteiger partial charge in [-0.3, -0.25) is 4.79 Å². The lowest BCUT2D eigenvalue weighted by atomic mass is 10.1. The topological polar surface area (TPSA) is 87.7 Å². The first-order chi connectivity index (χ1) is 11.6. The van der Waals surface area contributed by atoms with Gasteiger partial charge in [0.15, 0.2) is 0 Å². The lowest BCUT2D eigenvalue weighted by Crippen LogP contribution is -2.30. The molecule has 0 heterocycles. The summed E-state index contributed by atoms with van der Waals surface area (Å²) in [6.07, 6.45) is 0.662. The predicted molar refractivity (Wildman–Crippen MR) is 91.5 cm³/mol. The average Bonchev–Trinajstić information content (AvgIpc) is 2.56. The van der Waals surface area contributed by atoms with E-state index >= 15 is 0 Å². The highest BCUT2D eigenvalue weighted by Crippen LogP contribution is 2.13. The van der Waals surface area contributed by atoms with Crippen LogP contribution in [0.25, 0.3) is 0 Å². The van der Waals surface area contributed by atoms with Gasteiger partial charge in [0.25, 0.3) is 0 Å². The molecule has 0 atom stereocenters. The molecule has 6 nitrogen and oxygen atoms in total. The second-order valence-electron chi connectivity index (χ2n) is 5.25. The minimum atomic E-state index is -0.883. The van der Waals surface area contributed by atoms with Crippen LogP contribution < -0.4 is 15.4 Å². The molecule has 2 rings (SSSR count). The summed E-state index contributed by atoms with van der Waals surface area (Å²) >= 11 is 0. The summed E-state index contributed by atoms with van der Waals surface area (Å²) in [6, 6.07) is 14.1. The van der Waals surface area contributed by atoms with Gasteiger partial charge in [0.1, 0.15) is 5.75 Å². The van der Waals surface area contributed by atoms with Crippen LogP contribution >= 0.6 is 0 Å². The number of rotatable bonds is 7. The van der Waals surface area contributed by atoms with Crippen molar-refractivity contribution in [2.24, 2.45) is 0 Å². The van der Waals surface area contributed by atoms with Crippen molar-refractivity contribution in [3.8, 4) is 5.75 Å². The Morgan fingerprint density at radius 1 is 1.08 bits per heavy atom. The van der Waals surface area contributed by atoms with E-state index in [-0.39, 0.29) is 12.5 Å². The summed E-state index contributed by atoms with van der Waals surface area (Å²) in [7, 11) is 1.62. The summed E-state index contributed by atoms with van der Waals surface area (Å²) < 4.78 is 5.16. The third-order valence-corrected chi connectivity index (χ3v) is 3.40. The van der Waals surface area contributed by atoms with Gasteiger partial charge in [-0.1, -0.05) is 24.3 Å². The second kappa shape index (κ2) is 8.57. The highest BCUT2D eigenvalue weighted by atomic mass is 16.5. The summed E-state index contributed by atoms with van der Waals surface area (Å²) in [6.45, 7) is 0.496. The van der Waals surface area contributed by atoms with Crippen molar-refractivity contribution in [1.29, 1.82) is 0 Å². The zero-order chi connectivity index (χ0) is 17.4. The summed E-state index contributed by atoms with van der Waals surface area (Å²) in [5.41, 5.74) is 2.38. The van der Waals surface area contributed by atoms with Crippen LogP contribution in [-0.4, -0.2) is 30.8 Å². The molecule has 2 amide bonds. The number of hydrogen-bond donors (Lipinski definition) is 3. The number of carboxylic acids is 1. The molecule has 0 radical (unpaired) electrons. The molecule has 2 aromatic rings. The number of ether oxygens (including phenoxy) is 1. The first kappa shape index (κ1) is 17.3. The molecular weight excluding hydrogens is 308 g/mol. The fourth-order valence-corrected chi connectivity index (χ4v) is 2.20. The molecule has 0 unspecified atom stereocenters. The van der Waals surface area contributed by atoms with E-state index in [1.165, 1.54) is 0 Å². The zero-order valence-corrected chi connectivity index (χ0v) is 13.4. The number of nitrogens with one attached hydrogen (secondary N) is 2. The first-order valence-electron chi connectivity index (χ1n) is 7.55. The van der Waals surface area contributed by atoms with Gasteiger partial charge in [0, 0.05) is 12.2 Å². The predicted octanol–water partition coefficient (Wildman–Crippen LogP) is 2.69. The van der Waals surface area contributed by atoms with Gasteiger partial charge in [-0.05, 0) is 41.8 Å². The van der Waals surface area contributed by atoms with E-state index in [1.54, 1.807) is 31.4 Å². The molecule has 0 aliphatic carbocycles. The number of carbonyl (C=O) groups is 2. The molecule has 126 valence electrons. The van der Waals surface area contributed by atoms with Gasteiger partial charge in [0.2, 0.25) is 0 Å². The van der Waals surface area contributed by atoms with Crippen molar-refractivity contribution in [3.63, 3.8) is 0 Å². The Kier molecular flexibility index (Phi) is 6.19. The molecule has 0 aromatic heterocycles. The van der Waals surface area contributed by atoms with Crippen molar-refractivity contribution in [1.82, 2.24) is 5.32 Å². The summed E-state index contributed by atoms with van der Waals surface area (Å²) in [4.78, 5) is 22.5. The van der Waals surface area contributed by atoms with Crippen LogP contribution in [0, 0.1) is 0 Å². The molecular formula is C18H20N2O4. The third-order valence-electron chi connectivity index (χ3n) is 3.40. The number of carbonyl (C=O) groups excluding carboxylic acids is 1. The summed E-state index contributed by atoms with van der Waals surface area (Å²) in [5, 5.41) is 14.2. The van der Waals surface area contributed by atoms with Gasteiger partial charge in [-0.2, -0.15) is 0 Å². The number of aliphatic carboxylic acids is 1. The van der Waals surface area contributed by atoms with Gasteiger partial charge >= 0.3 is 12.0 Å². The largest absolute Gasteiger partial charge is 0.497 e. The maximum absolute atomic E-state index is 11.8. The molecule has 6 heteroatoms. The van der Waals surface area contributed by atoms with Gasteiger partial charge in [0.05, 0.1) is 13.5 Å². The van der Waals surface area contributed by atoms with E-state index in [2.05, 4.69) is 10.6 Å². The molecule has 0 fully saturated rings. The Hall–Kier alpha value is -3.02. The van der Waals surface area contributed by atoms with Crippen molar-refractivity contribution >= 4 is 17.7 Å². The number of amides is 2. The molecule has 0 spiro atoms. The maximum atomic E-state index is 11.8. The smallest absolute Gasteiger partial charge is 0.319 e. The normalized spacial score (nSPS) is 10.0. The van der Waals surface area contributed by atoms with E-state index in [4.69, 9.17) is 9.84 Å². The fourth-order valence-electron chi connectivity index (χ4n) is 2.20. The number of anilines is 1. The quantitative estimate of drug-likeness (QED) is 0.729. The molecule has 0 saturated heterocycles. The Bertz CT molecular complexity index is 698. The van der Waals surface area contributed by atoms with E-state index < -0.39 is 5.97 Å². The number of hydrogen-bond acceptors (Lipinski definition) is 3. The molecule has 0 aliphatic heterocycles. The minimum absolute atomic E-state index is 0.0347. The average molecular weight is 328 g/mol. The Morgan fingerprint density at radius 2 is 1.83 bits per heavy atom. The van der Waals surface area contributed by atoms with Crippen LogP contribution in [0.15, 0.2) is 48.5 Å². The molecule has 2 aromatic carbocycles. The van der Waals surface area contributed by atoms with E-state index in [9.17, 15) is 9.59 Å². The van der Waals surface area contributed by atoms with Gasteiger partial charge in [-0.15, -0.1) is 0 Å². The molecule has 0 saturated carbocycles. The van der Waals surface area contributed by atoms with Gasteiger partial charge in [-0.25, -0.2) is 4.79 Å². The Balaban J connectivity index is 1.77. The Morgan fingerprint density at radius 3 is 2.50 bits per heavy atom. The van der Waals surface area contributed by atoms with Crippen LogP contribution in [0.3, 0.4) is 0 Å². The van der Waals surface area contributed by atoms with Gasteiger partial charge < -0.3 is 20.5 Å². The standard InChI is InChI=1S/C18H20N2O4/c1-24-16-4-2-3-13(11-16)9-10-19-18(23)20-15-7-5-14(6-8-15)12-17(21)22/h2-8,11H,9-10,12H2,1H3,(H,21,22)(H2,19,20,23). The van der Waals surface area contributed by atoms with Crippen molar-refractivity contribution in [2.75, 3.05) is 19.0 Å². The minimum Gasteiger partial charge on any atom is -0.497 e. The lowest BCUT2D eigenvalue weighted by molar-refractivity contribution is -0.136. The SMILES string of the molecule is COc1cccc(CCNC(=O)Nc2ccc(CC(=O)O)cc2)c1. The van der Waals surface area contributed by atoms with E-state index in [0.29, 0.717) is 24.2 Å². The molecule has 0 aliphatic rings. The number of carboxylic acid groups (broad SMARTS) is 1. The molecule has 3 N–H and O–H groups in total. The zero-order valence-electron chi connectivity index (χ0n) is 13.4. The monoisotopic (exact) mass is 328 g/mol. The molecule has 24 heavy (non-hydrogen) atoms. The van der Waals surface area contributed by atoms with E-state index in [1.807, 2.05) is 24.3 Å². The van der Waals surface area contributed by atoms with Crippen LogP contribution in [0.2, 0.25) is 0 Å². The highest BCUT2D eigenvalue weighted by Gasteiger charge is 2.04. The van der Waals surface area contributed by atoms with Crippen molar-refractivity contribution in [3.05, 3.63) is 59.7 Å². The van der Waals surface area contributed by atoms with Crippen molar-refractivity contribution in [2.45, 2.75) is 12.8 Å². The number of urea groups is 1. The lowest BCUT2D eigenvalue weighted by Gasteiger charge is -2.09. The highest BCUT2D eigenvalue weighted by molar-refractivity contribution is 5.89. The molecule has 0 bridgehead atoms. The van der Waals surface area contributed by atoms with Crippen LogP contribution in [0.1, 0.15) is 11.1 Å². The van der Waals surface area contributed by atoms with Crippen molar-refractivity contribution < 1.29 is 19.4 Å². The Labute approximate surface area is 140 Å². The number of methoxy groups -OCH3 is 1. The fraction of sp³-hybridized carbons (Fsp3) is 0.222. The number of benzene rings is 2. The first-order valence-corrected chi connectivity index (χ1v) is 7.55. The second-order valence-corrected chi connectivity index (χ2v) is 5.25. The van der Waals surface area contributed by atoms with Crippen LogP contribution in [0.5, 0.6) is 5.75 Å².